The lowest BCUT2D eigenvalue weighted by Gasteiger charge is -2.35. The lowest BCUT2D eigenvalue weighted by Crippen LogP contribution is -2.47. The van der Waals surface area contributed by atoms with E-state index in [1.807, 2.05) is 19.4 Å². The number of ether oxygens (including phenoxy) is 2. The van der Waals surface area contributed by atoms with Crippen molar-refractivity contribution in [2.45, 2.75) is 6.04 Å². The Labute approximate surface area is 126 Å². The third-order valence-corrected chi connectivity index (χ3v) is 3.47. The first-order valence-electron chi connectivity index (χ1n) is 6.81. The quantitative estimate of drug-likeness (QED) is 0.741. The number of hydrogen-bond donors (Lipinski definition) is 1. The van der Waals surface area contributed by atoms with E-state index in [9.17, 15) is 0 Å². The maximum atomic E-state index is 5.56. The number of hydrogen-bond acceptors (Lipinski definition) is 5. The predicted octanol–water partition coefficient (Wildman–Crippen LogP) is 0.451. The third kappa shape index (κ3) is 4.71. The van der Waals surface area contributed by atoms with Crippen molar-refractivity contribution >= 4 is 12.4 Å². The largest absolute Gasteiger partial charge is 0.382 e. The Kier molecular flexibility index (Phi) is 8.09. The van der Waals surface area contributed by atoms with Crippen LogP contribution in [0.4, 0.5) is 0 Å². The lowest BCUT2D eigenvalue weighted by atomic mass is 10.2. The monoisotopic (exact) mass is 304 g/mol. The molecule has 1 saturated heterocycles. The van der Waals surface area contributed by atoms with Gasteiger partial charge < -0.3 is 19.4 Å². The first-order valence-corrected chi connectivity index (χ1v) is 6.81. The Balaban J connectivity index is 0.00000200. The molecule has 0 spiro atoms. The normalized spacial score (nSPS) is 19.8. The highest BCUT2D eigenvalue weighted by Gasteiger charge is 2.26. The summed E-state index contributed by atoms with van der Waals surface area (Å²) in [6.45, 7) is 6.00. The molecule has 1 N–H and O–H groups in total. The summed E-state index contributed by atoms with van der Waals surface area (Å²) in [5, 5.41) is 3.44. The molecule has 0 bridgehead atoms. The second-order valence-electron chi connectivity index (χ2n) is 4.76. The molecule has 2 rings (SSSR count). The van der Waals surface area contributed by atoms with Crippen molar-refractivity contribution in [3.05, 3.63) is 18.2 Å². The van der Waals surface area contributed by atoms with Gasteiger partial charge >= 0.3 is 0 Å². The Morgan fingerprint density at radius 1 is 1.40 bits per heavy atom. The molecule has 116 valence electrons. The topological polar surface area (TPSA) is 51.6 Å². The molecule has 20 heavy (non-hydrogen) atoms. The highest BCUT2D eigenvalue weighted by Crippen LogP contribution is 2.19. The summed E-state index contributed by atoms with van der Waals surface area (Å²) < 4.78 is 12.6. The standard InChI is InChI=1S/C13H24N4O2.ClH/c1-16-5-4-15-13(16)12-11-14-3-6-17(12)7-8-19-10-9-18-2;/h4-5,12,14H,3,6-11H2,1-2H3;1H. The van der Waals surface area contributed by atoms with E-state index in [2.05, 4.69) is 19.8 Å². The fourth-order valence-electron chi connectivity index (χ4n) is 2.39. The van der Waals surface area contributed by atoms with Crippen LogP contribution in [-0.4, -0.2) is 67.6 Å². The Bertz CT molecular complexity index is 375. The summed E-state index contributed by atoms with van der Waals surface area (Å²) in [6, 6.07) is 0.333. The van der Waals surface area contributed by atoms with Crippen molar-refractivity contribution in [3.8, 4) is 0 Å². The van der Waals surface area contributed by atoms with Crippen LogP contribution in [0, 0.1) is 0 Å². The van der Waals surface area contributed by atoms with E-state index in [1.165, 1.54) is 0 Å². The van der Waals surface area contributed by atoms with Gasteiger partial charge in [-0.1, -0.05) is 0 Å². The van der Waals surface area contributed by atoms with E-state index in [-0.39, 0.29) is 12.4 Å². The van der Waals surface area contributed by atoms with Gasteiger partial charge in [-0.25, -0.2) is 4.98 Å². The van der Waals surface area contributed by atoms with Crippen molar-refractivity contribution in [1.29, 1.82) is 0 Å². The molecule has 0 aromatic carbocycles. The van der Waals surface area contributed by atoms with Crippen LogP contribution in [-0.2, 0) is 16.5 Å². The maximum Gasteiger partial charge on any atom is 0.127 e. The molecule has 2 heterocycles. The second-order valence-corrected chi connectivity index (χ2v) is 4.76. The average molecular weight is 305 g/mol. The second kappa shape index (κ2) is 9.31. The zero-order valence-corrected chi connectivity index (χ0v) is 13.1. The highest BCUT2D eigenvalue weighted by molar-refractivity contribution is 5.85. The van der Waals surface area contributed by atoms with Gasteiger partial charge in [0.25, 0.3) is 0 Å². The van der Waals surface area contributed by atoms with Gasteiger partial charge in [-0.3, -0.25) is 4.90 Å². The molecule has 0 aliphatic carbocycles. The third-order valence-electron chi connectivity index (χ3n) is 3.47. The molecule has 7 heteroatoms. The summed E-state index contributed by atoms with van der Waals surface area (Å²) in [7, 11) is 3.74. The zero-order valence-electron chi connectivity index (χ0n) is 12.2. The maximum absolute atomic E-state index is 5.56. The van der Waals surface area contributed by atoms with Crippen molar-refractivity contribution in [3.63, 3.8) is 0 Å². The molecule has 1 aliphatic heterocycles. The summed E-state index contributed by atoms with van der Waals surface area (Å²) >= 11 is 0. The van der Waals surface area contributed by atoms with Gasteiger partial charge in [-0.2, -0.15) is 0 Å². The van der Waals surface area contributed by atoms with Crippen LogP contribution in [0.25, 0.3) is 0 Å². The van der Waals surface area contributed by atoms with Crippen molar-refractivity contribution in [1.82, 2.24) is 19.8 Å². The number of halogens is 1. The lowest BCUT2D eigenvalue weighted by molar-refractivity contribution is 0.0433. The molecule has 1 aliphatic rings. The van der Waals surface area contributed by atoms with Crippen LogP contribution >= 0.6 is 12.4 Å². The number of aryl methyl sites for hydroxylation is 1. The Hall–Kier alpha value is -0.660. The number of nitrogens with one attached hydrogen (secondary N) is 1. The molecule has 0 amide bonds. The molecular weight excluding hydrogens is 280 g/mol. The van der Waals surface area contributed by atoms with Gasteiger partial charge in [0.15, 0.2) is 0 Å². The van der Waals surface area contributed by atoms with E-state index < -0.39 is 0 Å². The predicted molar refractivity (Wildman–Crippen MR) is 80.3 cm³/mol. The summed E-state index contributed by atoms with van der Waals surface area (Å²) in [6.07, 6.45) is 3.86. The fraction of sp³-hybridized carbons (Fsp3) is 0.769. The van der Waals surface area contributed by atoms with Crippen LogP contribution in [0.15, 0.2) is 12.4 Å². The van der Waals surface area contributed by atoms with Crippen molar-refractivity contribution in [2.24, 2.45) is 7.05 Å². The molecule has 0 saturated carbocycles. The number of nitrogens with zero attached hydrogens (tertiary/aromatic N) is 3. The van der Waals surface area contributed by atoms with E-state index in [1.54, 1.807) is 7.11 Å². The van der Waals surface area contributed by atoms with Crippen LogP contribution in [0.3, 0.4) is 0 Å². The minimum atomic E-state index is 0. The fourth-order valence-corrected chi connectivity index (χ4v) is 2.39. The first-order chi connectivity index (χ1) is 9.33. The molecule has 1 aromatic rings. The Morgan fingerprint density at radius 3 is 2.95 bits per heavy atom. The minimum Gasteiger partial charge on any atom is -0.382 e. The van der Waals surface area contributed by atoms with Gasteiger partial charge in [0, 0.05) is 52.7 Å². The van der Waals surface area contributed by atoms with E-state index in [4.69, 9.17) is 9.47 Å². The van der Waals surface area contributed by atoms with Gasteiger partial charge in [0.1, 0.15) is 5.82 Å². The number of piperazine rings is 1. The average Bonchev–Trinajstić information content (AvgIpc) is 2.85. The molecule has 1 atom stereocenters. The molecule has 6 nitrogen and oxygen atoms in total. The molecule has 1 aromatic heterocycles. The van der Waals surface area contributed by atoms with Crippen LogP contribution in [0.1, 0.15) is 11.9 Å². The smallest absolute Gasteiger partial charge is 0.127 e. The molecular formula is C13H25ClN4O2. The zero-order chi connectivity index (χ0) is 13.5. The van der Waals surface area contributed by atoms with Gasteiger partial charge in [-0.05, 0) is 0 Å². The molecule has 0 radical (unpaired) electrons. The van der Waals surface area contributed by atoms with Crippen LogP contribution in [0.5, 0.6) is 0 Å². The van der Waals surface area contributed by atoms with Crippen LogP contribution in [0.2, 0.25) is 0 Å². The SMILES string of the molecule is COCCOCCN1CCNCC1c1nccn1C.Cl. The van der Waals surface area contributed by atoms with Crippen molar-refractivity contribution < 1.29 is 9.47 Å². The van der Waals surface area contributed by atoms with E-state index in [0.29, 0.717) is 19.3 Å². The van der Waals surface area contributed by atoms with Gasteiger partial charge in [-0.15, -0.1) is 12.4 Å². The minimum absolute atomic E-state index is 0. The van der Waals surface area contributed by atoms with Gasteiger partial charge in [0.05, 0.1) is 25.9 Å². The summed E-state index contributed by atoms with van der Waals surface area (Å²) in [5.74, 6) is 1.11. The van der Waals surface area contributed by atoms with E-state index >= 15 is 0 Å². The molecule has 1 unspecified atom stereocenters. The summed E-state index contributed by atoms with van der Waals surface area (Å²) in [4.78, 5) is 6.90. The van der Waals surface area contributed by atoms with Crippen molar-refractivity contribution in [2.75, 3.05) is 53.1 Å². The number of aromatic nitrogens is 2. The first kappa shape index (κ1) is 17.4. The van der Waals surface area contributed by atoms with Gasteiger partial charge in [0.2, 0.25) is 0 Å². The highest BCUT2D eigenvalue weighted by atomic mass is 35.5. The number of methoxy groups -OCH3 is 1. The number of imidazole rings is 1. The van der Waals surface area contributed by atoms with Crippen LogP contribution < -0.4 is 5.32 Å². The molecule has 1 fully saturated rings. The number of rotatable bonds is 7. The van der Waals surface area contributed by atoms with E-state index in [0.717, 1.165) is 38.6 Å². The Morgan fingerprint density at radius 2 is 2.25 bits per heavy atom. The summed E-state index contributed by atoms with van der Waals surface area (Å²) in [5.41, 5.74) is 0.